The van der Waals surface area contributed by atoms with Crippen LogP contribution >= 0.6 is 11.3 Å². The van der Waals surface area contributed by atoms with Gasteiger partial charge in [0.25, 0.3) is 0 Å². The van der Waals surface area contributed by atoms with Gasteiger partial charge in [0.15, 0.2) is 0 Å². The number of hydrogen-bond donors (Lipinski definition) is 1. The first-order chi connectivity index (χ1) is 9.69. The van der Waals surface area contributed by atoms with Crippen LogP contribution in [0.15, 0.2) is 36.7 Å². The zero-order valence-electron chi connectivity index (χ0n) is 11.1. The highest BCUT2D eigenvalue weighted by Crippen LogP contribution is 2.33. The van der Waals surface area contributed by atoms with Crippen LogP contribution in [0.1, 0.15) is 30.2 Å². The Morgan fingerprint density at radius 2 is 2.25 bits per heavy atom. The van der Waals surface area contributed by atoms with Gasteiger partial charge in [-0.05, 0) is 30.0 Å². The van der Waals surface area contributed by atoms with Crippen LogP contribution in [0, 0.1) is 5.82 Å². The maximum absolute atomic E-state index is 13.2. The summed E-state index contributed by atoms with van der Waals surface area (Å²) in [5.74, 6) is 0.381. The Morgan fingerprint density at radius 1 is 1.40 bits per heavy atom. The SMILES string of the molecule is CCCn1ccnc1C(O)c1cc2ccc(F)cc2s1. The number of aromatic nitrogens is 2. The molecule has 20 heavy (non-hydrogen) atoms. The molecule has 0 fully saturated rings. The van der Waals surface area contributed by atoms with E-state index in [1.165, 1.54) is 23.5 Å². The van der Waals surface area contributed by atoms with Crippen LogP contribution in [0.4, 0.5) is 4.39 Å². The summed E-state index contributed by atoms with van der Waals surface area (Å²) in [5.41, 5.74) is 0. The van der Waals surface area contributed by atoms with E-state index in [0.29, 0.717) is 5.82 Å². The number of halogens is 1. The van der Waals surface area contributed by atoms with Crippen molar-refractivity contribution in [3.63, 3.8) is 0 Å². The lowest BCUT2D eigenvalue weighted by molar-refractivity contribution is 0.208. The average Bonchev–Trinajstić information content (AvgIpc) is 3.04. The number of aryl methyl sites for hydroxylation is 1. The van der Waals surface area contributed by atoms with Gasteiger partial charge in [0.05, 0.1) is 0 Å². The molecule has 0 bridgehead atoms. The topological polar surface area (TPSA) is 38.0 Å². The lowest BCUT2D eigenvalue weighted by Crippen LogP contribution is -2.08. The van der Waals surface area contributed by atoms with E-state index in [-0.39, 0.29) is 5.82 Å². The Balaban J connectivity index is 1.99. The third-order valence-corrected chi connectivity index (χ3v) is 4.38. The zero-order valence-corrected chi connectivity index (χ0v) is 11.9. The number of nitrogens with zero attached hydrogens (tertiary/aromatic N) is 2. The predicted octanol–water partition coefficient (Wildman–Crippen LogP) is 3.73. The smallest absolute Gasteiger partial charge is 0.146 e. The van der Waals surface area contributed by atoms with E-state index in [2.05, 4.69) is 11.9 Å². The Labute approximate surface area is 120 Å². The number of fused-ring (bicyclic) bond motifs is 1. The van der Waals surface area contributed by atoms with Crippen LogP contribution in [-0.4, -0.2) is 14.7 Å². The monoisotopic (exact) mass is 290 g/mol. The van der Waals surface area contributed by atoms with E-state index in [1.807, 2.05) is 16.8 Å². The van der Waals surface area contributed by atoms with Gasteiger partial charge in [0.1, 0.15) is 17.7 Å². The van der Waals surface area contributed by atoms with E-state index >= 15 is 0 Å². The second-order valence-corrected chi connectivity index (χ2v) is 5.83. The molecule has 5 heteroatoms. The lowest BCUT2D eigenvalue weighted by Gasteiger charge is -2.10. The number of hydrogen-bond acceptors (Lipinski definition) is 3. The van der Waals surface area contributed by atoms with Crippen molar-refractivity contribution in [2.45, 2.75) is 26.0 Å². The summed E-state index contributed by atoms with van der Waals surface area (Å²) in [6.07, 6.45) is 3.78. The molecule has 0 aliphatic heterocycles. The number of aliphatic hydroxyl groups is 1. The van der Waals surface area contributed by atoms with Crippen molar-refractivity contribution < 1.29 is 9.50 Å². The molecular weight excluding hydrogens is 275 g/mol. The van der Waals surface area contributed by atoms with Crippen molar-refractivity contribution in [3.05, 3.63) is 53.2 Å². The predicted molar refractivity (Wildman–Crippen MR) is 78.4 cm³/mol. The second-order valence-electron chi connectivity index (χ2n) is 4.71. The molecule has 104 valence electrons. The fourth-order valence-electron chi connectivity index (χ4n) is 2.29. The fourth-order valence-corrected chi connectivity index (χ4v) is 3.36. The molecular formula is C15H15FN2OS. The molecule has 2 aromatic heterocycles. The highest BCUT2D eigenvalue weighted by atomic mass is 32.1. The van der Waals surface area contributed by atoms with Crippen molar-refractivity contribution in [1.82, 2.24) is 9.55 Å². The molecule has 0 aliphatic rings. The molecule has 0 saturated carbocycles. The van der Waals surface area contributed by atoms with Crippen LogP contribution < -0.4 is 0 Å². The first-order valence-corrected chi connectivity index (χ1v) is 7.38. The Morgan fingerprint density at radius 3 is 3.05 bits per heavy atom. The number of benzene rings is 1. The van der Waals surface area contributed by atoms with Gasteiger partial charge in [-0.25, -0.2) is 9.37 Å². The molecule has 1 atom stereocenters. The first kappa shape index (κ1) is 13.3. The highest BCUT2D eigenvalue weighted by molar-refractivity contribution is 7.19. The molecule has 1 unspecified atom stereocenters. The van der Waals surface area contributed by atoms with Crippen LogP contribution in [0.3, 0.4) is 0 Å². The van der Waals surface area contributed by atoms with Gasteiger partial charge in [-0.1, -0.05) is 13.0 Å². The normalized spacial score (nSPS) is 12.9. The summed E-state index contributed by atoms with van der Waals surface area (Å²) < 4.78 is 16.0. The summed E-state index contributed by atoms with van der Waals surface area (Å²) >= 11 is 1.40. The minimum Gasteiger partial charge on any atom is -0.380 e. The molecule has 3 rings (SSSR count). The summed E-state index contributed by atoms with van der Waals surface area (Å²) in [4.78, 5) is 5.03. The van der Waals surface area contributed by atoms with Crippen LogP contribution in [0.5, 0.6) is 0 Å². The van der Waals surface area contributed by atoms with Crippen molar-refractivity contribution in [1.29, 1.82) is 0 Å². The van der Waals surface area contributed by atoms with Gasteiger partial charge in [-0.2, -0.15) is 0 Å². The summed E-state index contributed by atoms with van der Waals surface area (Å²) in [7, 11) is 0. The number of rotatable bonds is 4. The molecule has 0 amide bonds. The second kappa shape index (κ2) is 5.34. The molecule has 3 nitrogen and oxygen atoms in total. The zero-order chi connectivity index (χ0) is 14.1. The molecule has 0 spiro atoms. The van der Waals surface area contributed by atoms with E-state index < -0.39 is 6.10 Å². The van der Waals surface area contributed by atoms with Gasteiger partial charge in [0.2, 0.25) is 0 Å². The maximum atomic E-state index is 13.2. The van der Waals surface area contributed by atoms with Gasteiger partial charge >= 0.3 is 0 Å². The first-order valence-electron chi connectivity index (χ1n) is 6.57. The van der Waals surface area contributed by atoms with Crippen molar-refractivity contribution in [2.75, 3.05) is 0 Å². The summed E-state index contributed by atoms with van der Waals surface area (Å²) in [6.45, 7) is 2.91. The molecule has 0 aliphatic carbocycles. The Kier molecular flexibility index (Phi) is 3.54. The minimum atomic E-state index is -0.767. The van der Waals surface area contributed by atoms with Crippen molar-refractivity contribution in [3.8, 4) is 0 Å². The molecule has 3 aromatic rings. The summed E-state index contributed by atoms with van der Waals surface area (Å²) in [6, 6.07) is 6.56. The van der Waals surface area contributed by atoms with Gasteiger partial charge in [-0.3, -0.25) is 0 Å². The van der Waals surface area contributed by atoms with Crippen LogP contribution in [0.25, 0.3) is 10.1 Å². The third-order valence-electron chi connectivity index (χ3n) is 3.23. The fraction of sp³-hybridized carbons (Fsp3) is 0.267. The molecule has 0 saturated heterocycles. The van der Waals surface area contributed by atoms with Gasteiger partial charge in [0, 0.05) is 28.5 Å². The van der Waals surface area contributed by atoms with E-state index in [1.54, 1.807) is 12.3 Å². The number of imidazole rings is 1. The molecule has 1 N–H and O–H groups in total. The van der Waals surface area contributed by atoms with Crippen LogP contribution in [0.2, 0.25) is 0 Å². The van der Waals surface area contributed by atoms with E-state index in [4.69, 9.17) is 0 Å². The molecule has 1 aromatic carbocycles. The third kappa shape index (κ3) is 2.34. The standard InChI is InChI=1S/C15H15FN2OS/c1-2-6-18-7-5-17-15(18)14(19)13-8-10-3-4-11(16)9-12(10)20-13/h3-5,7-9,14,19H,2,6H2,1H3. The summed E-state index contributed by atoms with van der Waals surface area (Å²) in [5, 5.41) is 11.4. The van der Waals surface area contributed by atoms with Crippen molar-refractivity contribution >= 4 is 21.4 Å². The average molecular weight is 290 g/mol. The highest BCUT2D eigenvalue weighted by Gasteiger charge is 2.18. The van der Waals surface area contributed by atoms with Gasteiger partial charge < -0.3 is 9.67 Å². The largest absolute Gasteiger partial charge is 0.380 e. The molecule has 0 radical (unpaired) electrons. The van der Waals surface area contributed by atoms with Crippen molar-refractivity contribution in [2.24, 2.45) is 0 Å². The van der Waals surface area contributed by atoms with Gasteiger partial charge in [-0.15, -0.1) is 11.3 Å². The number of aliphatic hydroxyl groups excluding tert-OH is 1. The Bertz CT molecular complexity index is 734. The number of thiophene rings is 1. The molecule has 2 heterocycles. The maximum Gasteiger partial charge on any atom is 0.146 e. The van der Waals surface area contributed by atoms with Crippen LogP contribution in [-0.2, 0) is 6.54 Å². The minimum absolute atomic E-state index is 0.257. The van der Waals surface area contributed by atoms with E-state index in [0.717, 1.165) is 27.9 Å². The van der Waals surface area contributed by atoms with E-state index in [9.17, 15) is 9.50 Å². The Hall–Kier alpha value is -1.72. The quantitative estimate of drug-likeness (QED) is 0.795. The lowest BCUT2D eigenvalue weighted by atomic mass is 10.2.